The zero-order valence-electron chi connectivity index (χ0n) is 12.0. The normalized spacial score (nSPS) is 13.0. The SMILES string of the molecule is Cc1ccc2ccc3ccc4ccc(C)c5c4c3c2c1S5. The second-order valence-corrected chi connectivity index (χ2v) is 6.97. The molecule has 1 aliphatic rings. The lowest BCUT2D eigenvalue weighted by Crippen LogP contribution is -1.94. The van der Waals surface area contributed by atoms with Gasteiger partial charge in [0, 0.05) is 20.6 Å². The molecule has 0 saturated carbocycles. The van der Waals surface area contributed by atoms with E-state index in [1.807, 2.05) is 11.8 Å². The lowest BCUT2D eigenvalue weighted by molar-refractivity contribution is 1.31. The van der Waals surface area contributed by atoms with Crippen LogP contribution in [0.3, 0.4) is 0 Å². The Bertz CT molecular complexity index is 991. The van der Waals surface area contributed by atoms with Crippen molar-refractivity contribution < 1.29 is 0 Å². The average molecular weight is 286 g/mol. The lowest BCUT2D eigenvalue weighted by atomic mass is 9.94. The van der Waals surface area contributed by atoms with Crippen LogP contribution in [0, 0.1) is 13.8 Å². The van der Waals surface area contributed by atoms with Crippen molar-refractivity contribution in [2.45, 2.75) is 23.6 Å². The zero-order valence-corrected chi connectivity index (χ0v) is 12.8. The Hall–Kier alpha value is -1.99. The number of hydrogen-bond donors (Lipinski definition) is 0. The van der Waals surface area contributed by atoms with Crippen LogP contribution in [0.5, 0.6) is 0 Å². The van der Waals surface area contributed by atoms with E-state index in [0.717, 1.165) is 0 Å². The fourth-order valence-electron chi connectivity index (χ4n) is 3.56. The molecule has 0 aromatic heterocycles. The molecule has 0 spiro atoms. The molecule has 0 aliphatic carbocycles. The number of hydrogen-bond acceptors (Lipinski definition) is 1. The van der Waals surface area contributed by atoms with Crippen molar-refractivity contribution in [3.8, 4) is 0 Å². The highest BCUT2D eigenvalue weighted by Crippen LogP contribution is 2.50. The standard InChI is InChI=1S/C20H14S/c1-11-3-5-14-9-7-13-8-10-15-6-4-12(2)20-18(15)16(13)17(14)19(11)21-20/h3-10H,1-2H3. The molecular weight excluding hydrogens is 272 g/mol. The largest absolute Gasteiger partial charge is 0.0882 e. The Morgan fingerprint density at radius 1 is 0.524 bits per heavy atom. The molecule has 1 heterocycles. The van der Waals surface area contributed by atoms with Gasteiger partial charge in [0.1, 0.15) is 0 Å². The Balaban J connectivity index is 2.23. The summed E-state index contributed by atoms with van der Waals surface area (Å²) in [5.74, 6) is 0. The van der Waals surface area contributed by atoms with Crippen LogP contribution in [-0.4, -0.2) is 0 Å². The minimum atomic E-state index is 1.36. The monoisotopic (exact) mass is 286 g/mol. The third-order valence-corrected chi connectivity index (χ3v) is 6.11. The molecule has 5 rings (SSSR count). The van der Waals surface area contributed by atoms with E-state index in [2.05, 4.69) is 62.4 Å². The number of aryl methyl sites for hydroxylation is 2. The first-order valence-electron chi connectivity index (χ1n) is 7.30. The highest BCUT2D eigenvalue weighted by atomic mass is 32.2. The summed E-state index contributed by atoms with van der Waals surface area (Å²) < 4.78 is 0. The van der Waals surface area contributed by atoms with Crippen molar-refractivity contribution >= 4 is 44.1 Å². The fourth-order valence-corrected chi connectivity index (χ4v) is 4.86. The Labute approximate surface area is 127 Å². The zero-order chi connectivity index (χ0) is 14.1. The van der Waals surface area contributed by atoms with Gasteiger partial charge in [0.15, 0.2) is 0 Å². The summed E-state index contributed by atoms with van der Waals surface area (Å²) >= 11 is 1.95. The van der Waals surface area contributed by atoms with Crippen molar-refractivity contribution in [2.24, 2.45) is 0 Å². The van der Waals surface area contributed by atoms with Gasteiger partial charge in [0.25, 0.3) is 0 Å². The summed E-state index contributed by atoms with van der Waals surface area (Å²) in [7, 11) is 0. The topological polar surface area (TPSA) is 0 Å². The van der Waals surface area contributed by atoms with Crippen molar-refractivity contribution in [2.75, 3.05) is 0 Å². The highest BCUT2D eigenvalue weighted by molar-refractivity contribution is 8.00. The minimum absolute atomic E-state index is 1.36. The van der Waals surface area contributed by atoms with E-state index in [1.54, 1.807) is 0 Å². The lowest BCUT2D eigenvalue weighted by Gasteiger charge is -2.22. The Morgan fingerprint density at radius 3 is 1.38 bits per heavy atom. The van der Waals surface area contributed by atoms with Gasteiger partial charge in [-0.2, -0.15) is 0 Å². The quantitative estimate of drug-likeness (QED) is 0.304. The number of benzene rings is 4. The molecular formula is C20H14S. The maximum Gasteiger partial charge on any atom is 0.0236 e. The summed E-state index contributed by atoms with van der Waals surface area (Å²) in [4.78, 5) is 2.87. The predicted molar refractivity (Wildman–Crippen MR) is 92.6 cm³/mol. The molecule has 0 N–H and O–H groups in total. The van der Waals surface area contributed by atoms with Gasteiger partial charge in [-0.05, 0) is 46.5 Å². The molecule has 0 unspecified atom stereocenters. The molecule has 100 valence electrons. The van der Waals surface area contributed by atoms with Gasteiger partial charge in [-0.1, -0.05) is 60.3 Å². The van der Waals surface area contributed by atoms with E-state index >= 15 is 0 Å². The third kappa shape index (κ3) is 1.37. The molecule has 1 heteroatoms. The van der Waals surface area contributed by atoms with Crippen LogP contribution in [0.15, 0.2) is 58.3 Å². The molecule has 0 amide bonds. The van der Waals surface area contributed by atoms with Crippen LogP contribution in [0.2, 0.25) is 0 Å². The molecule has 0 saturated heterocycles. The first-order valence-corrected chi connectivity index (χ1v) is 8.12. The molecule has 0 nitrogen and oxygen atoms in total. The fraction of sp³-hybridized carbons (Fsp3) is 0.100. The number of rotatable bonds is 0. The predicted octanol–water partition coefficient (Wildman–Crippen LogP) is 6.23. The Kier molecular flexibility index (Phi) is 2.11. The van der Waals surface area contributed by atoms with Gasteiger partial charge in [0.05, 0.1) is 0 Å². The molecule has 0 fully saturated rings. The van der Waals surface area contributed by atoms with Gasteiger partial charge in [-0.25, -0.2) is 0 Å². The Morgan fingerprint density at radius 2 is 0.905 bits per heavy atom. The van der Waals surface area contributed by atoms with Crippen LogP contribution in [0.4, 0.5) is 0 Å². The van der Waals surface area contributed by atoms with E-state index in [-0.39, 0.29) is 0 Å². The molecule has 21 heavy (non-hydrogen) atoms. The van der Waals surface area contributed by atoms with Gasteiger partial charge in [-0.3, -0.25) is 0 Å². The molecule has 4 aromatic rings. The first-order chi connectivity index (χ1) is 10.2. The average Bonchev–Trinajstić information content (AvgIpc) is 2.52. The smallest absolute Gasteiger partial charge is 0.0236 e. The van der Waals surface area contributed by atoms with Crippen LogP contribution in [0.25, 0.3) is 32.3 Å². The van der Waals surface area contributed by atoms with E-state index in [4.69, 9.17) is 0 Å². The second-order valence-electron chi connectivity index (χ2n) is 5.95. The second kappa shape index (κ2) is 3.80. The minimum Gasteiger partial charge on any atom is -0.0882 e. The summed E-state index contributed by atoms with van der Waals surface area (Å²) in [6.07, 6.45) is 0. The highest BCUT2D eigenvalue weighted by Gasteiger charge is 2.20. The van der Waals surface area contributed by atoms with Crippen molar-refractivity contribution in [1.82, 2.24) is 0 Å². The summed E-state index contributed by atoms with van der Waals surface area (Å²) in [5, 5.41) is 8.41. The summed E-state index contributed by atoms with van der Waals surface area (Å²) in [5.41, 5.74) is 2.76. The van der Waals surface area contributed by atoms with E-state index in [1.165, 1.54) is 53.2 Å². The molecule has 0 bridgehead atoms. The van der Waals surface area contributed by atoms with Crippen LogP contribution >= 0.6 is 11.8 Å². The van der Waals surface area contributed by atoms with Crippen molar-refractivity contribution in [1.29, 1.82) is 0 Å². The molecule has 1 aliphatic heterocycles. The third-order valence-electron chi connectivity index (χ3n) is 4.65. The van der Waals surface area contributed by atoms with Crippen LogP contribution < -0.4 is 0 Å². The molecule has 4 aromatic carbocycles. The van der Waals surface area contributed by atoms with E-state index in [0.29, 0.717) is 0 Å². The van der Waals surface area contributed by atoms with Gasteiger partial charge >= 0.3 is 0 Å². The van der Waals surface area contributed by atoms with E-state index in [9.17, 15) is 0 Å². The van der Waals surface area contributed by atoms with Crippen LogP contribution in [-0.2, 0) is 0 Å². The summed E-state index contributed by atoms with van der Waals surface area (Å²) in [6, 6.07) is 18.1. The van der Waals surface area contributed by atoms with Crippen molar-refractivity contribution in [3.63, 3.8) is 0 Å². The van der Waals surface area contributed by atoms with Gasteiger partial charge in [0.2, 0.25) is 0 Å². The first kappa shape index (κ1) is 11.6. The maximum absolute atomic E-state index is 2.26. The van der Waals surface area contributed by atoms with Gasteiger partial charge in [-0.15, -0.1) is 0 Å². The molecule has 0 radical (unpaired) electrons. The molecule has 0 atom stereocenters. The van der Waals surface area contributed by atoms with Gasteiger partial charge < -0.3 is 0 Å². The maximum atomic E-state index is 2.26. The summed E-state index contributed by atoms with van der Waals surface area (Å²) in [6.45, 7) is 4.45. The van der Waals surface area contributed by atoms with Crippen LogP contribution in [0.1, 0.15) is 11.1 Å². The van der Waals surface area contributed by atoms with E-state index < -0.39 is 0 Å². The van der Waals surface area contributed by atoms with Crippen molar-refractivity contribution in [3.05, 3.63) is 59.7 Å².